The van der Waals surface area contributed by atoms with Crippen LogP contribution in [0.15, 0.2) is 67.0 Å². The van der Waals surface area contributed by atoms with Gasteiger partial charge in [0.25, 0.3) is 0 Å². The first-order valence-electron chi connectivity index (χ1n) is 7.79. The van der Waals surface area contributed by atoms with Gasteiger partial charge in [-0.25, -0.2) is 0 Å². The van der Waals surface area contributed by atoms with E-state index in [-0.39, 0.29) is 5.75 Å². The molecular weight excluding hydrogens is 298 g/mol. The number of nitrogens with one attached hydrogen (secondary N) is 2. The highest BCUT2D eigenvalue weighted by atomic mass is 16.3. The smallest absolute Gasteiger partial charge is 0.118 e. The molecule has 4 rings (SSSR count). The van der Waals surface area contributed by atoms with Gasteiger partial charge < -0.3 is 15.4 Å². The molecule has 118 valence electrons. The van der Waals surface area contributed by atoms with Crippen molar-refractivity contribution in [1.29, 1.82) is 0 Å². The van der Waals surface area contributed by atoms with Gasteiger partial charge in [0.05, 0.1) is 11.9 Å². The summed E-state index contributed by atoms with van der Waals surface area (Å²) in [4.78, 5) is 7.45. The minimum absolute atomic E-state index is 0.225. The maximum absolute atomic E-state index is 10.1. The number of aromatic nitrogens is 2. The van der Waals surface area contributed by atoms with E-state index in [1.807, 2.05) is 31.2 Å². The number of aromatic amines is 1. The number of phenolic OH excluding ortho intramolecular Hbond substituents is 1. The molecule has 24 heavy (non-hydrogen) atoms. The van der Waals surface area contributed by atoms with Crippen LogP contribution in [0.2, 0.25) is 0 Å². The van der Waals surface area contributed by atoms with Crippen molar-refractivity contribution in [1.82, 2.24) is 9.97 Å². The van der Waals surface area contributed by atoms with Crippen molar-refractivity contribution in [2.45, 2.75) is 6.92 Å². The molecule has 0 saturated carbocycles. The Hall–Kier alpha value is -3.27. The van der Waals surface area contributed by atoms with E-state index < -0.39 is 0 Å². The highest BCUT2D eigenvalue weighted by Gasteiger charge is 2.08. The molecule has 4 aromatic rings. The first kappa shape index (κ1) is 14.3. The molecule has 0 atom stereocenters. The van der Waals surface area contributed by atoms with Gasteiger partial charge in [-0.2, -0.15) is 0 Å². The van der Waals surface area contributed by atoms with Gasteiger partial charge in [-0.15, -0.1) is 0 Å². The maximum Gasteiger partial charge on any atom is 0.118 e. The van der Waals surface area contributed by atoms with Gasteiger partial charge in [0.1, 0.15) is 5.75 Å². The number of pyridine rings is 1. The number of anilines is 2. The molecule has 0 aliphatic carbocycles. The van der Waals surface area contributed by atoms with Gasteiger partial charge in [-0.05, 0) is 54.4 Å². The van der Waals surface area contributed by atoms with Crippen LogP contribution in [0, 0.1) is 6.92 Å². The van der Waals surface area contributed by atoms with E-state index in [1.54, 1.807) is 24.5 Å². The second-order valence-corrected chi connectivity index (χ2v) is 5.85. The van der Waals surface area contributed by atoms with E-state index in [2.05, 4.69) is 33.5 Å². The summed E-state index contributed by atoms with van der Waals surface area (Å²) in [6, 6.07) is 17.6. The van der Waals surface area contributed by atoms with Crippen molar-refractivity contribution >= 4 is 22.3 Å². The Morgan fingerprint density at radius 2 is 1.92 bits per heavy atom. The van der Waals surface area contributed by atoms with E-state index in [0.29, 0.717) is 0 Å². The summed E-state index contributed by atoms with van der Waals surface area (Å²) in [5.74, 6) is 0.225. The Balaban J connectivity index is 1.80. The quantitative estimate of drug-likeness (QED) is 0.499. The molecule has 2 heterocycles. The maximum atomic E-state index is 10.1. The predicted molar refractivity (Wildman–Crippen MR) is 97.7 cm³/mol. The SMILES string of the molecule is Cc1cc2c(-c3cc(O)cc(Nc4cccnc4)c3)cccc2[nH]1. The Bertz CT molecular complexity index is 1010. The van der Waals surface area contributed by atoms with Crippen molar-refractivity contribution < 1.29 is 5.11 Å². The van der Waals surface area contributed by atoms with Crippen LogP contribution in [0.4, 0.5) is 11.4 Å². The molecule has 0 fully saturated rings. The van der Waals surface area contributed by atoms with Gasteiger partial charge in [0, 0.05) is 34.5 Å². The summed E-state index contributed by atoms with van der Waals surface area (Å²) in [5, 5.41) is 14.6. The number of nitrogens with zero attached hydrogens (tertiary/aromatic N) is 1. The molecule has 0 aliphatic rings. The fraction of sp³-hybridized carbons (Fsp3) is 0.0500. The Morgan fingerprint density at radius 3 is 2.75 bits per heavy atom. The molecule has 2 aromatic carbocycles. The Kier molecular flexibility index (Phi) is 3.43. The lowest BCUT2D eigenvalue weighted by Crippen LogP contribution is -1.91. The Morgan fingerprint density at radius 1 is 1.00 bits per heavy atom. The van der Waals surface area contributed by atoms with Crippen LogP contribution in [0.3, 0.4) is 0 Å². The zero-order chi connectivity index (χ0) is 16.5. The van der Waals surface area contributed by atoms with Gasteiger partial charge >= 0.3 is 0 Å². The first-order chi connectivity index (χ1) is 11.7. The second kappa shape index (κ2) is 5.74. The van der Waals surface area contributed by atoms with Crippen molar-refractivity contribution in [3.05, 3.63) is 72.7 Å². The predicted octanol–water partition coefficient (Wildman–Crippen LogP) is 4.99. The summed E-state index contributed by atoms with van der Waals surface area (Å²) >= 11 is 0. The van der Waals surface area contributed by atoms with Crippen LogP contribution in [-0.4, -0.2) is 15.1 Å². The molecule has 0 aliphatic heterocycles. The van der Waals surface area contributed by atoms with Gasteiger partial charge in [0.2, 0.25) is 0 Å². The number of rotatable bonds is 3. The molecule has 0 amide bonds. The van der Waals surface area contributed by atoms with Crippen LogP contribution in [0.25, 0.3) is 22.0 Å². The number of aryl methyl sites for hydroxylation is 1. The third kappa shape index (κ3) is 2.70. The second-order valence-electron chi connectivity index (χ2n) is 5.85. The molecule has 0 saturated heterocycles. The molecule has 4 heteroatoms. The Labute approximate surface area is 139 Å². The first-order valence-corrected chi connectivity index (χ1v) is 7.79. The number of H-pyrrole nitrogens is 1. The van der Waals surface area contributed by atoms with Crippen LogP contribution in [-0.2, 0) is 0 Å². The number of fused-ring (bicyclic) bond motifs is 1. The molecule has 2 aromatic heterocycles. The fourth-order valence-corrected chi connectivity index (χ4v) is 2.99. The zero-order valence-electron chi connectivity index (χ0n) is 13.2. The number of aromatic hydroxyl groups is 1. The van der Waals surface area contributed by atoms with Crippen molar-refractivity contribution in [3.8, 4) is 16.9 Å². The standard InChI is InChI=1S/C20H17N3O/c1-13-8-19-18(5-2-6-20(19)22-13)14-9-16(11-17(24)10-14)23-15-4-3-7-21-12-15/h2-12,22-24H,1H3. The lowest BCUT2D eigenvalue weighted by molar-refractivity contribution is 0.476. The third-order valence-electron chi connectivity index (χ3n) is 3.98. The third-order valence-corrected chi connectivity index (χ3v) is 3.98. The average Bonchev–Trinajstić information content (AvgIpc) is 2.95. The summed E-state index contributed by atoms with van der Waals surface area (Å²) < 4.78 is 0. The molecule has 0 spiro atoms. The number of hydrogen-bond donors (Lipinski definition) is 3. The molecule has 3 N–H and O–H groups in total. The largest absolute Gasteiger partial charge is 0.508 e. The minimum Gasteiger partial charge on any atom is -0.508 e. The lowest BCUT2D eigenvalue weighted by Gasteiger charge is -2.10. The van der Waals surface area contributed by atoms with Gasteiger partial charge in [0.15, 0.2) is 0 Å². The van der Waals surface area contributed by atoms with Crippen molar-refractivity contribution in [2.24, 2.45) is 0 Å². The molecule has 4 nitrogen and oxygen atoms in total. The topological polar surface area (TPSA) is 60.9 Å². The van der Waals surface area contributed by atoms with Gasteiger partial charge in [-0.1, -0.05) is 12.1 Å². The molecular formula is C20H17N3O. The van der Waals surface area contributed by atoms with E-state index in [9.17, 15) is 5.11 Å². The van der Waals surface area contributed by atoms with E-state index in [4.69, 9.17) is 0 Å². The normalized spacial score (nSPS) is 10.9. The highest BCUT2D eigenvalue weighted by molar-refractivity contribution is 5.96. The summed E-state index contributed by atoms with van der Waals surface area (Å²) in [7, 11) is 0. The highest BCUT2D eigenvalue weighted by Crippen LogP contribution is 2.34. The van der Waals surface area contributed by atoms with Gasteiger partial charge in [-0.3, -0.25) is 4.98 Å². The number of phenols is 1. The van der Waals surface area contributed by atoms with Crippen LogP contribution < -0.4 is 5.32 Å². The molecule has 0 bridgehead atoms. The van der Waals surface area contributed by atoms with Crippen LogP contribution in [0.5, 0.6) is 5.75 Å². The zero-order valence-corrected chi connectivity index (χ0v) is 13.2. The van der Waals surface area contributed by atoms with Crippen LogP contribution in [0.1, 0.15) is 5.69 Å². The fourth-order valence-electron chi connectivity index (χ4n) is 2.99. The summed E-state index contributed by atoms with van der Waals surface area (Å²) in [6.07, 6.45) is 3.48. The van der Waals surface area contributed by atoms with Crippen molar-refractivity contribution in [2.75, 3.05) is 5.32 Å². The molecule has 0 unspecified atom stereocenters. The van der Waals surface area contributed by atoms with E-state index in [0.717, 1.165) is 39.1 Å². The van der Waals surface area contributed by atoms with Crippen molar-refractivity contribution in [3.63, 3.8) is 0 Å². The monoisotopic (exact) mass is 315 g/mol. The summed E-state index contributed by atoms with van der Waals surface area (Å²) in [6.45, 7) is 2.04. The minimum atomic E-state index is 0.225. The van der Waals surface area contributed by atoms with Crippen LogP contribution >= 0.6 is 0 Å². The summed E-state index contributed by atoms with van der Waals surface area (Å²) in [5.41, 5.74) is 5.96. The van der Waals surface area contributed by atoms with E-state index >= 15 is 0 Å². The average molecular weight is 315 g/mol. The number of hydrogen-bond acceptors (Lipinski definition) is 3. The van der Waals surface area contributed by atoms with E-state index in [1.165, 1.54) is 0 Å². The molecule has 0 radical (unpaired) electrons. The lowest BCUT2D eigenvalue weighted by atomic mass is 10.0. The number of benzene rings is 2.